The van der Waals surface area contributed by atoms with Gasteiger partial charge in [0.1, 0.15) is 0 Å². The molecule has 0 saturated carbocycles. The van der Waals surface area contributed by atoms with Gasteiger partial charge < -0.3 is 4.90 Å². The van der Waals surface area contributed by atoms with E-state index < -0.39 is 24.9 Å². The Bertz CT molecular complexity index is 453. The summed E-state index contributed by atoms with van der Waals surface area (Å²) in [6.45, 7) is 0. The van der Waals surface area contributed by atoms with Crippen LogP contribution < -0.4 is 0 Å². The fourth-order valence-electron chi connectivity index (χ4n) is 2.40. The molecule has 2 unspecified atom stereocenters. The van der Waals surface area contributed by atoms with Crippen molar-refractivity contribution in [1.82, 2.24) is 4.90 Å². The average molecular weight is 253 g/mol. The summed E-state index contributed by atoms with van der Waals surface area (Å²) in [6.07, 6.45) is 0. The second-order valence-corrected chi connectivity index (χ2v) is 9.02. The van der Waals surface area contributed by atoms with E-state index in [0.29, 0.717) is 0 Å². The third kappa shape index (κ3) is 1.81. The molecule has 5 nitrogen and oxygen atoms in total. The van der Waals surface area contributed by atoms with Gasteiger partial charge in [0.05, 0.1) is 22.5 Å². The Morgan fingerprint density at radius 3 is 1.87 bits per heavy atom. The smallest absolute Gasteiger partial charge is 0.156 e. The van der Waals surface area contributed by atoms with E-state index in [0.717, 1.165) is 0 Å². The second-order valence-electron chi connectivity index (χ2n) is 4.66. The predicted octanol–water partition coefficient (Wildman–Crippen LogP) is -1.24. The first-order valence-electron chi connectivity index (χ1n) is 4.81. The monoisotopic (exact) mass is 253 g/mol. The molecule has 0 spiro atoms. The van der Waals surface area contributed by atoms with Gasteiger partial charge in [0, 0.05) is 12.0 Å². The van der Waals surface area contributed by atoms with Crippen LogP contribution in [0.2, 0.25) is 0 Å². The molecule has 0 aromatic heterocycles. The fourth-order valence-corrected chi connectivity index (χ4v) is 6.71. The van der Waals surface area contributed by atoms with Gasteiger partial charge in [0.2, 0.25) is 0 Å². The fraction of sp³-hybridized carbons (Fsp3) is 1.00. The summed E-state index contributed by atoms with van der Waals surface area (Å²) in [5.41, 5.74) is 0. The van der Waals surface area contributed by atoms with Gasteiger partial charge in [-0.3, -0.25) is 0 Å². The minimum absolute atomic E-state index is 0.00417. The van der Waals surface area contributed by atoms with Crippen molar-refractivity contribution in [3.05, 3.63) is 0 Å². The minimum atomic E-state index is -3.03. The van der Waals surface area contributed by atoms with E-state index in [2.05, 4.69) is 0 Å². The molecule has 2 rings (SSSR count). The van der Waals surface area contributed by atoms with Gasteiger partial charge in [-0.25, -0.2) is 16.8 Å². The van der Waals surface area contributed by atoms with E-state index in [1.54, 1.807) is 0 Å². The van der Waals surface area contributed by atoms with E-state index in [4.69, 9.17) is 0 Å². The predicted molar refractivity (Wildman–Crippen MR) is 57.2 cm³/mol. The first kappa shape index (κ1) is 11.3. The topological polar surface area (TPSA) is 71.5 Å². The quantitative estimate of drug-likeness (QED) is 0.615. The molecular weight excluding hydrogens is 238 g/mol. The van der Waals surface area contributed by atoms with E-state index in [-0.39, 0.29) is 29.2 Å². The first-order valence-corrected chi connectivity index (χ1v) is 8.35. The number of sulfone groups is 2. The summed E-state index contributed by atoms with van der Waals surface area (Å²) in [5, 5.41) is -0.462. The standard InChI is InChI=1S/C8H15NO4S2/c1-9(2)7-5-15(12,13)8(7)6-3-14(10,11)4-6/h6-8H,3-5H2,1-2H3. The van der Waals surface area contributed by atoms with Crippen LogP contribution in [0.4, 0.5) is 0 Å². The van der Waals surface area contributed by atoms with Crippen LogP contribution in [0.3, 0.4) is 0 Å². The summed E-state index contributed by atoms with van der Waals surface area (Å²) in [6, 6.07) is -0.00417. The van der Waals surface area contributed by atoms with Gasteiger partial charge in [-0.2, -0.15) is 0 Å². The molecule has 0 bridgehead atoms. The van der Waals surface area contributed by atoms with Gasteiger partial charge in [-0.05, 0) is 14.1 Å². The van der Waals surface area contributed by atoms with Crippen LogP contribution in [0.5, 0.6) is 0 Å². The molecule has 0 N–H and O–H groups in total. The molecule has 15 heavy (non-hydrogen) atoms. The Labute approximate surface area is 90.3 Å². The maximum atomic E-state index is 11.6. The zero-order valence-electron chi connectivity index (χ0n) is 8.75. The molecule has 88 valence electrons. The zero-order chi connectivity index (χ0) is 11.4. The van der Waals surface area contributed by atoms with Crippen molar-refractivity contribution in [3.63, 3.8) is 0 Å². The van der Waals surface area contributed by atoms with Crippen molar-refractivity contribution >= 4 is 19.7 Å². The van der Waals surface area contributed by atoms with Crippen LogP contribution in [0.1, 0.15) is 0 Å². The van der Waals surface area contributed by atoms with Crippen molar-refractivity contribution in [2.24, 2.45) is 5.92 Å². The number of nitrogens with zero attached hydrogens (tertiary/aromatic N) is 1. The minimum Gasteiger partial charge on any atom is -0.304 e. The Balaban J connectivity index is 2.14. The molecule has 0 aromatic carbocycles. The summed E-state index contributed by atoms with van der Waals surface area (Å²) in [5.74, 6) is 0.0742. The van der Waals surface area contributed by atoms with Crippen molar-refractivity contribution in [3.8, 4) is 0 Å². The average Bonchev–Trinajstić information content (AvgIpc) is 1.96. The molecule has 2 aliphatic rings. The molecule has 2 aliphatic heterocycles. The van der Waals surface area contributed by atoms with Crippen LogP contribution in [0.25, 0.3) is 0 Å². The van der Waals surface area contributed by atoms with Crippen LogP contribution in [0, 0.1) is 5.92 Å². The molecule has 2 saturated heterocycles. The van der Waals surface area contributed by atoms with Crippen molar-refractivity contribution in [2.75, 3.05) is 31.4 Å². The van der Waals surface area contributed by atoms with Crippen LogP contribution in [0.15, 0.2) is 0 Å². The van der Waals surface area contributed by atoms with Gasteiger partial charge in [0.15, 0.2) is 19.7 Å². The molecule has 2 atom stereocenters. The maximum Gasteiger partial charge on any atom is 0.156 e. The second kappa shape index (κ2) is 3.18. The lowest BCUT2D eigenvalue weighted by Crippen LogP contribution is -2.65. The number of hydrogen-bond acceptors (Lipinski definition) is 5. The molecule has 2 fully saturated rings. The molecule has 7 heteroatoms. The highest BCUT2D eigenvalue weighted by Crippen LogP contribution is 2.36. The SMILES string of the molecule is CN(C)C1CS(=O)(=O)C1C1CS(=O)(=O)C1. The van der Waals surface area contributed by atoms with Crippen molar-refractivity contribution < 1.29 is 16.8 Å². The molecule has 0 amide bonds. The van der Waals surface area contributed by atoms with Gasteiger partial charge in [-0.1, -0.05) is 0 Å². The summed E-state index contributed by atoms with van der Waals surface area (Å²) in [7, 11) is -2.30. The van der Waals surface area contributed by atoms with Gasteiger partial charge in [0.25, 0.3) is 0 Å². The normalized spacial score (nSPS) is 38.3. The Morgan fingerprint density at radius 1 is 1.00 bits per heavy atom. The van der Waals surface area contributed by atoms with Crippen molar-refractivity contribution in [1.29, 1.82) is 0 Å². The molecule has 0 aliphatic carbocycles. The van der Waals surface area contributed by atoms with Crippen molar-refractivity contribution in [2.45, 2.75) is 11.3 Å². The maximum absolute atomic E-state index is 11.6. The number of hydrogen-bond donors (Lipinski definition) is 0. The lowest BCUT2D eigenvalue weighted by molar-refractivity contribution is 0.248. The van der Waals surface area contributed by atoms with Crippen LogP contribution in [-0.2, 0) is 19.7 Å². The highest BCUT2D eigenvalue weighted by molar-refractivity contribution is 7.95. The molecular formula is C8H15NO4S2. The molecule has 0 aromatic rings. The van der Waals surface area contributed by atoms with Gasteiger partial charge in [-0.15, -0.1) is 0 Å². The molecule has 2 heterocycles. The summed E-state index contributed by atoms with van der Waals surface area (Å²) >= 11 is 0. The first-order chi connectivity index (χ1) is 6.73. The Morgan fingerprint density at radius 2 is 1.53 bits per heavy atom. The number of rotatable bonds is 2. The Kier molecular flexibility index (Phi) is 2.40. The van der Waals surface area contributed by atoms with Crippen LogP contribution >= 0.6 is 0 Å². The largest absolute Gasteiger partial charge is 0.304 e. The van der Waals surface area contributed by atoms with E-state index in [1.807, 2.05) is 19.0 Å². The lowest BCUT2D eigenvalue weighted by Gasteiger charge is -2.46. The molecule has 0 radical (unpaired) electrons. The van der Waals surface area contributed by atoms with Gasteiger partial charge >= 0.3 is 0 Å². The summed E-state index contributed by atoms with van der Waals surface area (Å²) < 4.78 is 45.2. The summed E-state index contributed by atoms with van der Waals surface area (Å²) in [4.78, 5) is 1.87. The third-order valence-corrected chi connectivity index (χ3v) is 7.47. The van der Waals surface area contributed by atoms with E-state index in [1.165, 1.54) is 0 Å². The Hall–Kier alpha value is -0.140. The van der Waals surface area contributed by atoms with E-state index in [9.17, 15) is 16.8 Å². The highest BCUT2D eigenvalue weighted by Gasteiger charge is 2.55. The lowest BCUT2D eigenvalue weighted by atomic mass is 10.0. The van der Waals surface area contributed by atoms with E-state index >= 15 is 0 Å². The zero-order valence-corrected chi connectivity index (χ0v) is 10.4. The third-order valence-electron chi connectivity index (χ3n) is 3.26. The highest BCUT2D eigenvalue weighted by atomic mass is 32.2. The van der Waals surface area contributed by atoms with Crippen LogP contribution in [-0.4, -0.2) is 64.4 Å².